The van der Waals surface area contributed by atoms with Crippen LogP contribution in [0.15, 0.2) is 30.3 Å². The highest BCUT2D eigenvalue weighted by Crippen LogP contribution is 2.38. The van der Waals surface area contributed by atoms with Crippen molar-refractivity contribution < 1.29 is 24.2 Å². The Morgan fingerprint density at radius 1 is 1.17 bits per heavy atom. The lowest BCUT2D eigenvalue weighted by molar-refractivity contribution is -0.141. The number of carbonyl (C=O) groups excluding carboxylic acids is 2. The zero-order valence-corrected chi connectivity index (χ0v) is 17.7. The van der Waals surface area contributed by atoms with Crippen LogP contribution < -0.4 is 10.6 Å². The third kappa shape index (κ3) is 5.46. The lowest BCUT2D eigenvalue weighted by Crippen LogP contribution is -2.39. The van der Waals surface area contributed by atoms with E-state index in [1.807, 2.05) is 30.3 Å². The lowest BCUT2D eigenvalue weighted by Gasteiger charge is -2.15. The summed E-state index contributed by atoms with van der Waals surface area (Å²) in [6.45, 7) is 2.33. The van der Waals surface area contributed by atoms with Gasteiger partial charge in [-0.3, -0.25) is 14.9 Å². The van der Waals surface area contributed by atoms with E-state index in [-0.39, 0.29) is 13.0 Å². The molecule has 3 rings (SSSR count). The Balaban J connectivity index is 1.70. The van der Waals surface area contributed by atoms with Crippen molar-refractivity contribution in [3.8, 4) is 0 Å². The van der Waals surface area contributed by atoms with Gasteiger partial charge in [0.2, 0.25) is 5.91 Å². The number of ether oxygens (including phenoxy) is 1. The summed E-state index contributed by atoms with van der Waals surface area (Å²) in [5.41, 5.74) is 2.31. The number of nitrogens with one attached hydrogen (secondary N) is 2. The van der Waals surface area contributed by atoms with E-state index >= 15 is 0 Å². The number of carbonyl (C=O) groups is 3. The lowest BCUT2D eigenvalue weighted by atomic mass is 9.95. The Morgan fingerprint density at radius 3 is 2.60 bits per heavy atom. The smallest absolute Gasteiger partial charge is 0.341 e. The van der Waals surface area contributed by atoms with Crippen LogP contribution in [0.2, 0.25) is 0 Å². The molecule has 1 atom stereocenters. The molecule has 7 nitrogen and oxygen atoms in total. The average molecular weight is 431 g/mol. The standard InChI is InChI=1S/C22H26N2O5S/c1-2-29-22(28)19-15-10-6-7-11-17(15)30-20(19)24-18(25)12-16(21(26)27)23-13-14-8-4-3-5-9-14/h3-5,8-9,16,23H,2,6-7,10-13H2,1H3,(H,24,25)(H,26,27)/t16-/m0/s1. The molecule has 0 spiro atoms. The molecule has 30 heavy (non-hydrogen) atoms. The molecule has 1 aliphatic carbocycles. The third-order valence-electron chi connectivity index (χ3n) is 4.99. The van der Waals surface area contributed by atoms with Crippen molar-refractivity contribution in [3.05, 3.63) is 51.9 Å². The van der Waals surface area contributed by atoms with Gasteiger partial charge in [-0.25, -0.2) is 4.79 Å². The van der Waals surface area contributed by atoms with Gasteiger partial charge in [0.05, 0.1) is 18.6 Å². The fourth-order valence-electron chi connectivity index (χ4n) is 3.52. The quantitative estimate of drug-likeness (QED) is 0.527. The van der Waals surface area contributed by atoms with Gasteiger partial charge in [0.15, 0.2) is 0 Å². The first-order valence-corrected chi connectivity index (χ1v) is 10.9. The molecular weight excluding hydrogens is 404 g/mol. The molecule has 0 saturated carbocycles. The van der Waals surface area contributed by atoms with Gasteiger partial charge in [-0.1, -0.05) is 30.3 Å². The van der Waals surface area contributed by atoms with Crippen LogP contribution in [0.4, 0.5) is 5.00 Å². The minimum absolute atomic E-state index is 0.243. The van der Waals surface area contributed by atoms with Crippen molar-refractivity contribution in [2.45, 2.75) is 51.6 Å². The number of carboxylic acids is 1. The second-order valence-electron chi connectivity index (χ2n) is 7.15. The number of aliphatic carboxylic acids is 1. The molecule has 160 valence electrons. The molecule has 3 N–H and O–H groups in total. The Labute approximate surface area is 179 Å². The predicted molar refractivity (Wildman–Crippen MR) is 115 cm³/mol. The van der Waals surface area contributed by atoms with Crippen molar-refractivity contribution in [2.24, 2.45) is 0 Å². The van der Waals surface area contributed by atoms with Crippen LogP contribution in [0.25, 0.3) is 0 Å². The molecule has 0 bridgehead atoms. The van der Waals surface area contributed by atoms with Gasteiger partial charge in [-0.2, -0.15) is 0 Å². The summed E-state index contributed by atoms with van der Waals surface area (Å²) in [5, 5.41) is 15.6. The molecule has 0 fully saturated rings. The minimum Gasteiger partial charge on any atom is -0.480 e. The van der Waals surface area contributed by atoms with Gasteiger partial charge in [-0.05, 0) is 43.7 Å². The number of rotatable bonds is 9. The summed E-state index contributed by atoms with van der Waals surface area (Å²) in [5.74, 6) is -1.99. The van der Waals surface area contributed by atoms with Crippen molar-refractivity contribution in [2.75, 3.05) is 11.9 Å². The first-order chi connectivity index (χ1) is 14.5. The minimum atomic E-state index is -1.10. The predicted octanol–water partition coefficient (Wildman–Crippen LogP) is 3.38. The first-order valence-electron chi connectivity index (χ1n) is 10.1. The van der Waals surface area contributed by atoms with Gasteiger partial charge < -0.3 is 15.2 Å². The summed E-state index contributed by atoms with van der Waals surface area (Å²) in [4.78, 5) is 37.8. The Morgan fingerprint density at radius 2 is 1.90 bits per heavy atom. The molecule has 8 heteroatoms. The Kier molecular flexibility index (Phi) is 7.59. The van der Waals surface area contributed by atoms with Gasteiger partial charge in [0, 0.05) is 11.4 Å². The van der Waals surface area contributed by atoms with Crippen LogP contribution >= 0.6 is 11.3 Å². The van der Waals surface area contributed by atoms with E-state index in [9.17, 15) is 19.5 Å². The molecule has 2 aromatic rings. The molecule has 1 aromatic heterocycles. The van der Waals surface area contributed by atoms with Crippen molar-refractivity contribution in [1.29, 1.82) is 0 Å². The van der Waals surface area contributed by atoms with Crippen molar-refractivity contribution in [1.82, 2.24) is 5.32 Å². The highest BCUT2D eigenvalue weighted by molar-refractivity contribution is 7.17. The van der Waals surface area contributed by atoms with Crippen LogP contribution in [0.5, 0.6) is 0 Å². The maximum Gasteiger partial charge on any atom is 0.341 e. The van der Waals surface area contributed by atoms with E-state index in [0.29, 0.717) is 17.1 Å². The molecule has 1 aromatic carbocycles. The van der Waals surface area contributed by atoms with E-state index in [1.54, 1.807) is 6.92 Å². The molecule has 0 aliphatic heterocycles. The largest absolute Gasteiger partial charge is 0.480 e. The summed E-state index contributed by atoms with van der Waals surface area (Å²) < 4.78 is 5.19. The molecule has 0 radical (unpaired) electrons. The zero-order valence-electron chi connectivity index (χ0n) is 16.9. The third-order valence-corrected chi connectivity index (χ3v) is 6.19. The maximum atomic E-state index is 12.6. The highest BCUT2D eigenvalue weighted by Gasteiger charge is 2.28. The number of hydrogen-bond acceptors (Lipinski definition) is 6. The Bertz CT molecular complexity index is 910. The van der Waals surface area contributed by atoms with E-state index in [0.717, 1.165) is 41.7 Å². The first kappa shape index (κ1) is 22.0. The highest BCUT2D eigenvalue weighted by atomic mass is 32.1. The Hall–Kier alpha value is -2.71. The fraction of sp³-hybridized carbons (Fsp3) is 0.409. The fourth-order valence-corrected chi connectivity index (χ4v) is 4.81. The SMILES string of the molecule is CCOC(=O)c1c(NC(=O)C[C@H](NCc2ccccc2)C(=O)O)sc2c1CCCC2. The number of anilines is 1. The van der Waals surface area contributed by atoms with Gasteiger partial charge in [0.1, 0.15) is 11.0 Å². The second kappa shape index (κ2) is 10.4. The van der Waals surface area contributed by atoms with Crippen LogP contribution in [0, 0.1) is 0 Å². The van der Waals surface area contributed by atoms with E-state index < -0.39 is 23.9 Å². The normalized spacial score (nSPS) is 13.9. The van der Waals surface area contributed by atoms with Crippen molar-refractivity contribution in [3.63, 3.8) is 0 Å². The molecule has 0 unspecified atom stereocenters. The number of thiophene rings is 1. The number of carboxylic acid groups (broad SMARTS) is 1. The van der Waals surface area contributed by atoms with Crippen LogP contribution in [-0.4, -0.2) is 35.6 Å². The molecule has 1 heterocycles. The molecule has 1 amide bonds. The monoisotopic (exact) mass is 430 g/mol. The van der Waals surface area contributed by atoms with Gasteiger partial charge >= 0.3 is 11.9 Å². The summed E-state index contributed by atoms with van der Waals surface area (Å²) in [6.07, 6.45) is 3.46. The second-order valence-corrected chi connectivity index (χ2v) is 8.25. The van der Waals surface area contributed by atoms with Crippen molar-refractivity contribution >= 4 is 34.2 Å². The van der Waals surface area contributed by atoms with Crippen LogP contribution in [0.1, 0.15) is 52.5 Å². The summed E-state index contributed by atoms with van der Waals surface area (Å²) >= 11 is 1.39. The van der Waals surface area contributed by atoms with Gasteiger partial charge in [-0.15, -0.1) is 11.3 Å². The van der Waals surface area contributed by atoms with E-state index in [4.69, 9.17) is 4.74 Å². The molecule has 0 saturated heterocycles. The number of fused-ring (bicyclic) bond motifs is 1. The average Bonchev–Trinajstić information content (AvgIpc) is 3.09. The van der Waals surface area contributed by atoms with Crippen LogP contribution in [-0.2, 0) is 33.7 Å². The van der Waals surface area contributed by atoms with E-state index in [1.165, 1.54) is 11.3 Å². The zero-order chi connectivity index (χ0) is 21.5. The topological polar surface area (TPSA) is 105 Å². The van der Waals surface area contributed by atoms with Gasteiger partial charge in [0.25, 0.3) is 0 Å². The number of aryl methyl sites for hydroxylation is 1. The molecule has 1 aliphatic rings. The number of hydrogen-bond donors (Lipinski definition) is 3. The number of amides is 1. The summed E-state index contributed by atoms with van der Waals surface area (Å²) in [6, 6.07) is 8.35. The number of benzene rings is 1. The van der Waals surface area contributed by atoms with Crippen LogP contribution in [0.3, 0.4) is 0 Å². The summed E-state index contributed by atoms with van der Waals surface area (Å²) in [7, 11) is 0. The maximum absolute atomic E-state index is 12.6. The number of esters is 1. The molecular formula is C22H26N2O5S. The van der Waals surface area contributed by atoms with E-state index in [2.05, 4.69) is 10.6 Å².